The lowest BCUT2D eigenvalue weighted by atomic mass is 9.93. The number of ketones is 1. The van der Waals surface area contributed by atoms with E-state index in [4.69, 9.17) is 4.42 Å². The highest BCUT2D eigenvalue weighted by atomic mass is 16.3. The van der Waals surface area contributed by atoms with Gasteiger partial charge < -0.3 is 9.73 Å². The standard InChI is InChI=1S/C10H13NO2/c1-10(5-3-6-11-10)9(12)8-4-2-7-13-8/h2,4,7,11H,3,5-6H2,1H3. The number of hydrogen-bond donors (Lipinski definition) is 1. The van der Waals surface area contributed by atoms with E-state index in [-0.39, 0.29) is 5.78 Å². The predicted molar refractivity (Wildman–Crippen MR) is 48.7 cm³/mol. The minimum Gasteiger partial charge on any atom is -0.461 e. The Labute approximate surface area is 77.1 Å². The Morgan fingerprint density at radius 2 is 2.54 bits per heavy atom. The van der Waals surface area contributed by atoms with Crippen molar-refractivity contribution in [1.29, 1.82) is 0 Å². The summed E-state index contributed by atoms with van der Waals surface area (Å²) in [5.41, 5.74) is -0.405. The Hall–Kier alpha value is -1.09. The van der Waals surface area contributed by atoms with Crippen LogP contribution in [0.4, 0.5) is 0 Å². The van der Waals surface area contributed by atoms with Gasteiger partial charge in [0, 0.05) is 0 Å². The van der Waals surface area contributed by atoms with Crippen LogP contribution in [0.15, 0.2) is 22.8 Å². The van der Waals surface area contributed by atoms with Gasteiger partial charge in [-0.05, 0) is 38.4 Å². The monoisotopic (exact) mass is 179 g/mol. The lowest BCUT2D eigenvalue weighted by Gasteiger charge is -2.20. The summed E-state index contributed by atoms with van der Waals surface area (Å²) in [7, 11) is 0. The molecular formula is C10H13NO2. The van der Waals surface area contributed by atoms with Gasteiger partial charge in [-0.3, -0.25) is 4.79 Å². The SMILES string of the molecule is CC1(C(=O)c2ccco2)CCCN1. The molecule has 1 saturated heterocycles. The summed E-state index contributed by atoms with van der Waals surface area (Å²) >= 11 is 0. The summed E-state index contributed by atoms with van der Waals surface area (Å²) in [6.45, 7) is 2.85. The largest absolute Gasteiger partial charge is 0.461 e. The van der Waals surface area contributed by atoms with E-state index in [1.165, 1.54) is 6.26 Å². The quantitative estimate of drug-likeness (QED) is 0.701. The van der Waals surface area contributed by atoms with Crippen molar-refractivity contribution < 1.29 is 9.21 Å². The molecule has 2 rings (SSSR count). The van der Waals surface area contributed by atoms with Gasteiger partial charge in [0.05, 0.1) is 11.8 Å². The molecule has 0 aliphatic carbocycles. The van der Waals surface area contributed by atoms with Crippen LogP contribution in [0.1, 0.15) is 30.3 Å². The van der Waals surface area contributed by atoms with E-state index in [0.29, 0.717) is 5.76 Å². The van der Waals surface area contributed by atoms with E-state index in [2.05, 4.69) is 5.32 Å². The summed E-state index contributed by atoms with van der Waals surface area (Å²) in [5, 5.41) is 3.21. The van der Waals surface area contributed by atoms with Crippen LogP contribution in [0.25, 0.3) is 0 Å². The molecule has 1 unspecified atom stereocenters. The van der Waals surface area contributed by atoms with Gasteiger partial charge in [0.15, 0.2) is 5.76 Å². The van der Waals surface area contributed by atoms with E-state index >= 15 is 0 Å². The molecule has 0 aromatic carbocycles. The summed E-state index contributed by atoms with van der Waals surface area (Å²) in [5.74, 6) is 0.520. The third-order valence-corrected chi connectivity index (χ3v) is 2.61. The van der Waals surface area contributed by atoms with Gasteiger partial charge >= 0.3 is 0 Å². The fraction of sp³-hybridized carbons (Fsp3) is 0.500. The zero-order chi connectivity index (χ0) is 9.31. The van der Waals surface area contributed by atoms with Crippen LogP contribution in [0, 0.1) is 0 Å². The number of rotatable bonds is 2. The average molecular weight is 179 g/mol. The molecule has 3 heteroatoms. The smallest absolute Gasteiger partial charge is 0.217 e. The maximum Gasteiger partial charge on any atom is 0.217 e. The predicted octanol–water partition coefficient (Wildman–Crippen LogP) is 1.60. The van der Waals surface area contributed by atoms with Gasteiger partial charge in [-0.2, -0.15) is 0 Å². The lowest BCUT2D eigenvalue weighted by Crippen LogP contribution is -2.44. The second kappa shape index (κ2) is 3.00. The molecule has 3 nitrogen and oxygen atoms in total. The van der Waals surface area contributed by atoms with Crippen molar-refractivity contribution in [2.24, 2.45) is 0 Å². The number of carbonyl (C=O) groups excluding carboxylic acids is 1. The molecule has 0 radical (unpaired) electrons. The number of Topliss-reactive ketones (excluding diaryl/α,β-unsaturated/α-hetero) is 1. The third-order valence-electron chi connectivity index (χ3n) is 2.61. The molecule has 2 heterocycles. The zero-order valence-corrected chi connectivity index (χ0v) is 7.67. The minimum atomic E-state index is -0.405. The molecule has 0 bridgehead atoms. The van der Waals surface area contributed by atoms with Crippen molar-refractivity contribution in [2.45, 2.75) is 25.3 Å². The van der Waals surface area contributed by atoms with E-state index in [9.17, 15) is 4.79 Å². The minimum absolute atomic E-state index is 0.0648. The van der Waals surface area contributed by atoms with Gasteiger partial charge in [-0.15, -0.1) is 0 Å². The zero-order valence-electron chi connectivity index (χ0n) is 7.67. The second-order valence-corrected chi connectivity index (χ2v) is 3.67. The molecule has 1 fully saturated rings. The second-order valence-electron chi connectivity index (χ2n) is 3.67. The van der Waals surface area contributed by atoms with E-state index in [0.717, 1.165) is 19.4 Å². The molecule has 1 aromatic heterocycles. The van der Waals surface area contributed by atoms with Crippen molar-refractivity contribution >= 4 is 5.78 Å². The third kappa shape index (κ3) is 1.40. The van der Waals surface area contributed by atoms with E-state index in [1.54, 1.807) is 12.1 Å². The molecular weight excluding hydrogens is 166 g/mol. The number of carbonyl (C=O) groups is 1. The highest BCUT2D eigenvalue weighted by Gasteiger charge is 2.37. The first kappa shape index (κ1) is 8.51. The van der Waals surface area contributed by atoms with Crippen LogP contribution in [0.2, 0.25) is 0 Å². The Morgan fingerprint density at radius 3 is 3.08 bits per heavy atom. The highest BCUT2D eigenvalue weighted by Crippen LogP contribution is 2.23. The van der Waals surface area contributed by atoms with Crippen LogP contribution >= 0.6 is 0 Å². The van der Waals surface area contributed by atoms with Crippen molar-refractivity contribution in [2.75, 3.05) is 6.54 Å². The van der Waals surface area contributed by atoms with Gasteiger partial charge in [0.25, 0.3) is 0 Å². The van der Waals surface area contributed by atoms with Crippen LogP contribution in [0.5, 0.6) is 0 Å². The first-order valence-electron chi connectivity index (χ1n) is 4.56. The summed E-state index contributed by atoms with van der Waals surface area (Å²) in [6.07, 6.45) is 3.49. The van der Waals surface area contributed by atoms with Crippen LogP contribution in [-0.4, -0.2) is 17.9 Å². The fourth-order valence-electron chi connectivity index (χ4n) is 1.77. The van der Waals surface area contributed by atoms with Crippen LogP contribution in [0.3, 0.4) is 0 Å². The van der Waals surface area contributed by atoms with Gasteiger partial charge in [-0.25, -0.2) is 0 Å². The first-order chi connectivity index (χ1) is 6.22. The van der Waals surface area contributed by atoms with Gasteiger partial charge in [-0.1, -0.05) is 0 Å². The van der Waals surface area contributed by atoms with E-state index < -0.39 is 5.54 Å². The molecule has 0 saturated carbocycles. The molecule has 1 aliphatic rings. The Morgan fingerprint density at radius 1 is 1.69 bits per heavy atom. The van der Waals surface area contributed by atoms with Crippen molar-refractivity contribution in [3.8, 4) is 0 Å². The molecule has 70 valence electrons. The molecule has 1 aliphatic heterocycles. The number of hydrogen-bond acceptors (Lipinski definition) is 3. The maximum atomic E-state index is 11.9. The summed E-state index contributed by atoms with van der Waals surface area (Å²) < 4.78 is 5.08. The number of nitrogens with one attached hydrogen (secondary N) is 1. The molecule has 0 amide bonds. The average Bonchev–Trinajstić information content (AvgIpc) is 2.73. The highest BCUT2D eigenvalue weighted by molar-refractivity contribution is 6.00. The fourth-order valence-corrected chi connectivity index (χ4v) is 1.77. The Balaban J connectivity index is 2.21. The molecule has 0 spiro atoms. The van der Waals surface area contributed by atoms with Crippen molar-refractivity contribution in [3.05, 3.63) is 24.2 Å². The topological polar surface area (TPSA) is 42.2 Å². The molecule has 13 heavy (non-hydrogen) atoms. The van der Waals surface area contributed by atoms with Gasteiger partial charge in [0.1, 0.15) is 0 Å². The summed E-state index contributed by atoms with van der Waals surface area (Å²) in [6, 6.07) is 3.46. The normalized spacial score (nSPS) is 27.8. The number of furan rings is 1. The van der Waals surface area contributed by atoms with E-state index in [1.807, 2.05) is 6.92 Å². The Bertz CT molecular complexity index is 297. The maximum absolute atomic E-state index is 11.9. The van der Waals surface area contributed by atoms with Crippen molar-refractivity contribution in [1.82, 2.24) is 5.32 Å². The van der Waals surface area contributed by atoms with Crippen LogP contribution < -0.4 is 5.32 Å². The molecule has 1 aromatic rings. The van der Waals surface area contributed by atoms with Crippen molar-refractivity contribution in [3.63, 3.8) is 0 Å². The first-order valence-corrected chi connectivity index (χ1v) is 4.56. The Kier molecular flexibility index (Phi) is 1.96. The van der Waals surface area contributed by atoms with Gasteiger partial charge in [0.2, 0.25) is 5.78 Å². The molecule has 1 atom stereocenters. The lowest BCUT2D eigenvalue weighted by molar-refractivity contribution is 0.0855. The summed E-state index contributed by atoms with van der Waals surface area (Å²) in [4.78, 5) is 11.9. The molecule has 1 N–H and O–H groups in total. The van der Waals surface area contributed by atoms with Crippen LogP contribution in [-0.2, 0) is 0 Å².